The minimum atomic E-state index is 0.244. The molecule has 122 valence electrons. The molecule has 1 amide bonds. The Hall–Kier alpha value is -1.68. The third-order valence-corrected chi connectivity index (χ3v) is 5.66. The van der Waals surface area contributed by atoms with Gasteiger partial charge in [-0.3, -0.25) is 4.79 Å². The van der Waals surface area contributed by atoms with E-state index in [1.54, 1.807) is 11.3 Å². The highest BCUT2D eigenvalue weighted by atomic mass is 32.1. The summed E-state index contributed by atoms with van der Waals surface area (Å²) in [6.45, 7) is 4.80. The van der Waals surface area contributed by atoms with Crippen molar-refractivity contribution < 1.29 is 4.79 Å². The van der Waals surface area contributed by atoms with Crippen molar-refractivity contribution in [3.8, 4) is 0 Å². The summed E-state index contributed by atoms with van der Waals surface area (Å²) < 4.78 is 0. The Morgan fingerprint density at radius 3 is 2.52 bits per heavy atom. The maximum Gasteiger partial charge on any atom is 0.227 e. The fourth-order valence-electron chi connectivity index (χ4n) is 3.38. The van der Waals surface area contributed by atoms with E-state index in [-0.39, 0.29) is 5.91 Å². The highest BCUT2D eigenvalue weighted by molar-refractivity contribution is 7.11. The summed E-state index contributed by atoms with van der Waals surface area (Å²) in [5.41, 5.74) is 2.17. The largest absolute Gasteiger partial charge is 0.334 e. The molecule has 23 heavy (non-hydrogen) atoms. The molecule has 1 fully saturated rings. The highest BCUT2D eigenvalue weighted by Gasteiger charge is 2.27. The van der Waals surface area contributed by atoms with Crippen molar-refractivity contribution in [1.29, 1.82) is 0 Å². The van der Waals surface area contributed by atoms with Gasteiger partial charge in [-0.15, -0.1) is 11.3 Å². The molecule has 3 nitrogen and oxygen atoms in total. The summed E-state index contributed by atoms with van der Waals surface area (Å²) in [4.78, 5) is 20.8. The van der Waals surface area contributed by atoms with E-state index >= 15 is 0 Å². The molecule has 0 unspecified atom stereocenters. The van der Waals surface area contributed by atoms with E-state index in [1.165, 1.54) is 17.7 Å². The standard InChI is InChI=1S/C19H24N2OS/c1-14-18(23-15(2)20-14)13-21(17-10-6-7-11-17)19(22)12-16-8-4-3-5-9-16/h3-5,8-9,17H,6-7,10-13H2,1-2H3. The second-order valence-corrected chi connectivity index (χ2v) is 7.65. The number of amides is 1. The SMILES string of the molecule is Cc1nc(C)c(CN(C(=O)Cc2ccccc2)C2CCCC2)s1. The molecule has 3 rings (SSSR count). The van der Waals surface area contributed by atoms with Gasteiger partial charge in [-0.2, -0.15) is 0 Å². The maximum absolute atomic E-state index is 12.9. The van der Waals surface area contributed by atoms with E-state index < -0.39 is 0 Å². The number of aryl methyl sites for hydroxylation is 2. The van der Waals surface area contributed by atoms with E-state index in [1.807, 2.05) is 44.2 Å². The first kappa shape index (κ1) is 16.2. The summed E-state index contributed by atoms with van der Waals surface area (Å²) >= 11 is 1.72. The van der Waals surface area contributed by atoms with Crippen LogP contribution in [-0.2, 0) is 17.8 Å². The van der Waals surface area contributed by atoms with Gasteiger partial charge in [0.2, 0.25) is 5.91 Å². The first-order chi connectivity index (χ1) is 11.1. The van der Waals surface area contributed by atoms with Crippen LogP contribution in [-0.4, -0.2) is 21.8 Å². The number of thiazole rings is 1. The number of carbonyl (C=O) groups excluding carboxylic acids is 1. The zero-order valence-corrected chi connectivity index (χ0v) is 14.7. The van der Waals surface area contributed by atoms with Crippen molar-refractivity contribution in [2.75, 3.05) is 0 Å². The van der Waals surface area contributed by atoms with E-state index in [2.05, 4.69) is 9.88 Å². The average Bonchev–Trinajstić information content (AvgIpc) is 3.15. The van der Waals surface area contributed by atoms with Crippen LogP contribution in [0.1, 0.15) is 46.8 Å². The van der Waals surface area contributed by atoms with Gasteiger partial charge in [0.15, 0.2) is 0 Å². The number of nitrogens with zero attached hydrogens (tertiary/aromatic N) is 2. The molecular formula is C19H24N2OS. The third kappa shape index (κ3) is 3.99. The summed E-state index contributed by atoms with van der Waals surface area (Å²) in [5, 5.41) is 1.08. The van der Waals surface area contributed by atoms with Crippen LogP contribution in [0.2, 0.25) is 0 Å². The number of aromatic nitrogens is 1. The molecule has 0 aliphatic heterocycles. The minimum absolute atomic E-state index is 0.244. The molecule has 0 saturated heterocycles. The molecule has 0 atom stereocenters. The molecule has 1 aliphatic rings. The molecule has 4 heteroatoms. The monoisotopic (exact) mass is 328 g/mol. The predicted octanol–water partition coefficient (Wildman–Crippen LogP) is 4.27. The van der Waals surface area contributed by atoms with Gasteiger partial charge in [0.05, 0.1) is 23.7 Å². The number of carbonyl (C=O) groups is 1. The molecule has 0 radical (unpaired) electrons. The van der Waals surface area contributed by atoms with E-state index in [0.717, 1.165) is 29.1 Å². The van der Waals surface area contributed by atoms with Crippen molar-refractivity contribution >= 4 is 17.2 Å². The summed E-state index contributed by atoms with van der Waals surface area (Å²) in [5.74, 6) is 0.244. The Bertz CT molecular complexity index is 659. The van der Waals surface area contributed by atoms with Crippen molar-refractivity contribution in [1.82, 2.24) is 9.88 Å². The van der Waals surface area contributed by atoms with Gasteiger partial charge >= 0.3 is 0 Å². The topological polar surface area (TPSA) is 33.2 Å². The Kier molecular flexibility index (Phi) is 5.11. The maximum atomic E-state index is 12.9. The molecule has 1 saturated carbocycles. The Morgan fingerprint density at radius 2 is 1.91 bits per heavy atom. The van der Waals surface area contributed by atoms with Crippen LogP contribution >= 0.6 is 11.3 Å². The predicted molar refractivity (Wildman–Crippen MR) is 94.5 cm³/mol. The number of hydrogen-bond donors (Lipinski definition) is 0. The zero-order chi connectivity index (χ0) is 16.2. The lowest BCUT2D eigenvalue weighted by Crippen LogP contribution is -2.39. The second-order valence-electron chi connectivity index (χ2n) is 6.36. The van der Waals surface area contributed by atoms with E-state index in [9.17, 15) is 4.79 Å². The summed E-state index contributed by atoms with van der Waals surface area (Å²) in [6, 6.07) is 10.5. The van der Waals surface area contributed by atoms with E-state index in [0.29, 0.717) is 19.0 Å². The molecule has 1 aromatic heterocycles. The summed E-state index contributed by atoms with van der Waals surface area (Å²) in [6.07, 6.45) is 5.24. The molecule has 0 N–H and O–H groups in total. The van der Waals surface area contributed by atoms with Gasteiger partial charge in [-0.25, -0.2) is 4.98 Å². The van der Waals surface area contributed by atoms with E-state index in [4.69, 9.17) is 0 Å². The van der Waals surface area contributed by atoms with Gasteiger partial charge in [-0.1, -0.05) is 43.2 Å². The molecule has 1 aliphatic carbocycles. The van der Waals surface area contributed by atoms with Crippen molar-refractivity contribution in [3.63, 3.8) is 0 Å². The van der Waals surface area contributed by atoms with Crippen molar-refractivity contribution in [2.45, 2.75) is 58.5 Å². The van der Waals surface area contributed by atoms with Gasteiger partial charge in [0, 0.05) is 10.9 Å². The fourth-order valence-corrected chi connectivity index (χ4v) is 4.32. The molecule has 0 bridgehead atoms. The number of benzene rings is 1. The first-order valence-electron chi connectivity index (χ1n) is 8.40. The van der Waals surface area contributed by atoms with Crippen LogP contribution in [0.4, 0.5) is 0 Å². The highest BCUT2D eigenvalue weighted by Crippen LogP contribution is 2.28. The molecule has 0 spiro atoms. The number of hydrogen-bond acceptors (Lipinski definition) is 3. The van der Waals surface area contributed by atoms with Crippen LogP contribution in [0.25, 0.3) is 0 Å². The van der Waals surface area contributed by atoms with Crippen LogP contribution in [0, 0.1) is 13.8 Å². The van der Waals surface area contributed by atoms with Crippen LogP contribution in [0.3, 0.4) is 0 Å². The normalized spacial score (nSPS) is 15.0. The third-order valence-electron chi connectivity index (χ3n) is 4.60. The average molecular weight is 328 g/mol. The molecule has 2 aromatic rings. The van der Waals surface area contributed by atoms with Crippen LogP contribution in [0.5, 0.6) is 0 Å². The number of rotatable bonds is 5. The quantitative estimate of drug-likeness (QED) is 0.821. The summed E-state index contributed by atoms with van der Waals surface area (Å²) in [7, 11) is 0. The molecule has 1 aromatic carbocycles. The first-order valence-corrected chi connectivity index (χ1v) is 9.21. The van der Waals surface area contributed by atoms with Gasteiger partial charge < -0.3 is 4.90 Å². The lowest BCUT2D eigenvalue weighted by Gasteiger charge is -2.29. The van der Waals surface area contributed by atoms with Gasteiger partial charge in [-0.05, 0) is 32.3 Å². The lowest BCUT2D eigenvalue weighted by atomic mass is 10.1. The molecule has 1 heterocycles. The van der Waals surface area contributed by atoms with Crippen LogP contribution < -0.4 is 0 Å². The Labute approximate surface area is 142 Å². The van der Waals surface area contributed by atoms with Gasteiger partial charge in [0.25, 0.3) is 0 Å². The van der Waals surface area contributed by atoms with Crippen molar-refractivity contribution in [2.24, 2.45) is 0 Å². The molecular weight excluding hydrogens is 304 g/mol. The fraction of sp³-hybridized carbons (Fsp3) is 0.474. The Morgan fingerprint density at radius 1 is 1.22 bits per heavy atom. The lowest BCUT2D eigenvalue weighted by molar-refractivity contribution is -0.133. The Balaban J connectivity index is 1.77. The smallest absolute Gasteiger partial charge is 0.227 e. The minimum Gasteiger partial charge on any atom is -0.334 e. The second kappa shape index (κ2) is 7.26. The van der Waals surface area contributed by atoms with Gasteiger partial charge in [0.1, 0.15) is 0 Å². The van der Waals surface area contributed by atoms with Crippen LogP contribution in [0.15, 0.2) is 30.3 Å². The van der Waals surface area contributed by atoms with Crippen molar-refractivity contribution in [3.05, 3.63) is 51.5 Å². The zero-order valence-electron chi connectivity index (χ0n) is 13.9.